The van der Waals surface area contributed by atoms with Gasteiger partial charge in [0.05, 0.1) is 6.61 Å². The molecule has 0 aliphatic carbocycles. The summed E-state index contributed by atoms with van der Waals surface area (Å²) >= 11 is 0. The zero-order valence-corrected chi connectivity index (χ0v) is 17.7. The summed E-state index contributed by atoms with van der Waals surface area (Å²) in [6, 6.07) is 17.3. The predicted octanol–water partition coefficient (Wildman–Crippen LogP) is 3.08. The first-order valence-corrected chi connectivity index (χ1v) is 10.6. The minimum Gasteiger partial charge on any atom is -0.464 e. The lowest BCUT2D eigenvalue weighted by molar-refractivity contribution is -0.147. The van der Waals surface area contributed by atoms with E-state index in [9.17, 15) is 14.4 Å². The first-order chi connectivity index (χ1) is 15.1. The number of likely N-dealkylation sites (tertiary alicyclic amines) is 1. The van der Waals surface area contributed by atoms with E-state index in [1.165, 1.54) is 4.90 Å². The molecule has 1 saturated heterocycles. The Morgan fingerprint density at radius 3 is 2.29 bits per heavy atom. The van der Waals surface area contributed by atoms with Crippen LogP contribution in [0, 0.1) is 0 Å². The Hall–Kier alpha value is -3.35. The summed E-state index contributed by atoms with van der Waals surface area (Å²) < 4.78 is 10.5. The molecule has 7 heteroatoms. The molecule has 0 radical (unpaired) electrons. The summed E-state index contributed by atoms with van der Waals surface area (Å²) in [4.78, 5) is 39.4. The number of rotatable bonds is 8. The molecule has 1 N–H and O–H groups in total. The van der Waals surface area contributed by atoms with Crippen molar-refractivity contribution in [2.24, 2.45) is 0 Å². The molecule has 0 spiro atoms. The number of benzene rings is 2. The van der Waals surface area contributed by atoms with Crippen LogP contribution in [0.25, 0.3) is 0 Å². The molecular weight excluding hydrogens is 396 g/mol. The lowest BCUT2D eigenvalue weighted by Gasteiger charge is -2.25. The van der Waals surface area contributed by atoms with Crippen LogP contribution in [0.1, 0.15) is 30.9 Å². The quantitative estimate of drug-likeness (QED) is 0.659. The fraction of sp³-hybridized carbons (Fsp3) is 0.375. The molecule has 1 aliphatic heterocycles. The van der Waals surface area contributed by atoms with Gasteiger partial charge in [0.25, 0.3) is 0 Å². The van der Waals surface area contributed by atoms with Gasteiger partial charge in [-0.05, 0) is 30.9 Å². The second-order valence-corrected chi connectivity index (χ2v) is 7.39. The molecule has 2 aromatic carbocycles. The van der Waals surface area contributed by atoms with Crippen LogP contribution in [0.4, 0.5) is 4.79 Å². The van der Waals surface area contributed by atoms with Crippen molar-refractivity contribution in [2.45, 2.75) is 44.9 Å². The second-order valence-electron chi connectivity index (χ2n) is 7.39. The molecule has 1 heterocycles. The van der Waals surface area contributed by atoms with Crippen LogP contribution in [0.3, 0.4) is 0 Å². The summed E-state index contributed by atoms with van der Waals surface area (Å²) in [7, 11) is 0. The monoisotopic (exact) mass is 424 g/mol. The summed E-state index contributed by atoms with van der Waals surface area (Å²) in [5.74, 6) is -0.862. The first-order valence-electron chi connectivity index (χ1n) is 10.6. The second kappa shape index (κ2) is 11.2. The molecule has 164 valence electrons. The van der Waals surface area contributed by atoms with Crippen LogP contribution >= 0.6 is 0 Å². The van der Waals surface area contributed by atoms with Gasteiger partial charge in [-0.15, -0.1) is 0 Å². The Bertz CT molecular complexity index is 872. The summed E-state index contributed by atoms with van der Waals surface area (Å²) in [6.45, 7) is 2.53. The SMILES string of the molecule is CCOC(=O)[C@H](Cc1ccccc1)NC(=O)[C@@H]1CCCN1C(=O)OCc1ccccc1. The molecule has 2 amide bonds. The van der Waals surface area contributed by atoms with E-state index in [1.54, 1.807) is 6.92 Å². The highest BCUT2D eigenvalue weighted by molar-refractivity contribution is 5.90. The van der Waals surface area contributed by atoms with Gasteiger partial charge in [-0.2, -0.15) is 0 Å². The molecule has 0 bridgehead atoms. The normalized spacial score (nSPS) is 16.4. The van der Waals surface area contributed by atoms with E-state index >= 15 is 0 Å². The number of amides is 2. The van der Waals surface area contributed by atoms with Gasteiger partial charge in [-0.25, -0.2) is 9.59 Å². The van der Waals surface area contributed by atoms with Gasteiger partial charge in [-0.3, -0.25) is 9.69 Å². The third kappa shape index (κ3) is 6.31. The fourth-order valence-corrected chi connectivity index (χ4v) is 3.61. The molecule has 2 atom stereocenters. The summed E-state index contributed by atoms with van der Waals surface area (Å²) in [5.41, 5.74) is 1.78. The molecule has 0 saturated carbocycles. The number of carbonyl (C=O) groups excluding carboxylic acids is 3. The predicted molar refractivity (Wildman–Crippen MR) is 115 cm³/mol. The largest absolute Gasteiger partial charge is 0.464 e. The average Bonchev–Trinajstić information content (AvgIpc) is 3.29. The van der Waals surface area contributed by atoms with Gasteiger partial charge in [0, 0.05) is 13.0 Å². The van der Waals surface area contributed by atoms with E-state index in [0.29, 0.717) is 25.8 Å². The van der Waals surface area contributed by atoms with Crippen LogP contribution in [-0.4, -0.2) is 48.1 Å². The van der Waals surface area contributed by atoms with Crippen molar-refractivity contribution >= 4 is 18.0 Å². The minimum absolute atomic E-state index is 0.143. The van der Waals surface area contributed by atoms with Crippen molar-refractivity contribution in [1.29, 1.82) is 0 Å². The highest BCUT2D eigenvalue weighted by atomic mass is 16.6. The molecule has 0 aromatic heterocycles. The third-order valence-electron chi connectivity index (χ3n) is 5.17. The Balaban J connectivity index is 1.62. The molecule has 7 nitrogen and oxygen atoms in total. The molecule has 2 aromatic rings. The lowest BCUT2D eigenvalue weighted by atomic mass is 10.1. The number of hydrogen-bond acceptors (Lipinski definition) is 5. The van der Waals surface area contributed by atoms with Gasteiger partial charge in [0.1, 0.15) is 18.7 Å². The Kier molecular flexibility index (Phi) is 8.04. The molecule has 1 fully saturated rings. The highest BCUT2D eigenvalue weighted by Crippen LogP contribution is 2.20. The molecule has 1 aliphatic rings. The average molecular weight is 424 g/mol. The fourth-order valence-electron chi connectivity index (χ4n) is 3.61. The number of hydrogen-bond donors (Lipinski definition) is 1. The maximum Gasteiger partial charge on any atom is 0.410 e. The molecule has 0 unspecified atom stereocenters. The molecule has 31 heavy (non-hydrogen) atoms. The number of esters is 1. The highest BCUT2D eigenvalue weighted by Gasteiger charge is 2.37. The van der Waals surface area contributed by atoms with Gasteiger partial charge >= 0.3 is 12.1 Å². The van der Waals surface area contributed by atoms with Gasteiger partial charge in [0.15, 0.2) is 0 Å². The standard InChI is InChI=1S/C24H28N2O5/c1-2-30-23(28)20(16-18-10-5-3-6-11-18)25-22(27)21-14-9-15-26(21)24(29)31-17-19-12-7-4-8-13-19/h3-8,10-13,20-21H,2,9,14-17H2,1H3,(H,25,27)/t20-,21-/m0/s1. The van der Waals surface area contributed by atoms with Crippen molar-refractivity contribution < 1.29 is 23.9 Å². The first kappa shape index (κ1) is 22.3. The van der Waals surface area contributed by atoms with Crippen LogP contribution in [0.5, 0.6) is 0 Å². The Morgan fingerprint density at radius 1 is 1.00 bits per heavy atom. The van der Waals surface area contributed by atoms with Crippen LogP contribution in [0.2, 0.25) is 0 Å². The van der Waals surface area contributed by atoms with Crippen LogP contribution in [-0.2, 0) is 32.1 Å². The Labute approximate surface area is 182 Å². The summed E-state index contributed by atoms with van der Waals surface area (Å²) in [6.07, 6.45) is 1.00. The van der Waals surface area contributed by atoms with Crippen molar-refractivity contribution in [1.82, 2.24) is 10.2 Å². The van der Waals surface area contributed by atoms with Gasteiger partial charge in [-0.1, -0.05) is 60.7 Å². The van der Waals surface area contributed by atoms with Crippen LogP contribution in [0.15, 0.2) is 60.7 Å². The van der Waals surface area contributed by atoms with Gasteiger partial charge < -0.3 is 14.8 Å². The third-order valence-corrected chi connectivity index (χ3v) is 5.17. The van der Waals surface area contributed by atoms with Crippen molar-refractivity contribution in [3.63, 3.8) is 0 Å². The molecule has 3 rings (SSSR count). The maximum absolute atomic E-state index is 13.0. The maximum atomic E-state index is 13.0. The van der Waals surface area contributed by atoms with E-state index in [2.05, 4.69) is 5.32 Å². The number of carbonyl (C=O) groups is 3. The van der Waals surface area contributed by atoms with Crippen LogP contribution < -0.4 is 5.32 Å². The number of nitrogens with zero attached hydrogens (tertiary/aromatic N) is 1. The number of nitrogens with one attached hydrogen (secondary N) is 1. The minimum atomic E-state index is -0.822. The van der Waals surface area contributed by atoms with Crippen molar-refractivity contribution in [2.75, 3.05) is 13.2 Å². The molecular formula is C24H28N2O5. The Morgan fingerprint density at radius 2 is 1.65 bits per heavy atom. The smallest absolute Gasteiger partial charge is 0.410 e. The van der Waals surface area contributed by atoms with E-state index in [-0.39, 0.29) is 19.1 Å². The van der Waals surface area contributed by atoms with Crippen molar-refractivity contribution in [3.8, 4) is 0 Å². The zero-order chi connectivity index (χ0) is 22.1. The topological polar surface area (TPSA) is 84.9 Å². The zero-order valence-electron chi connectivity index (χ0n) is 17.7. The van der Waals surface area contributed by atoms with Crippen molar-refractivity contribution in [3.05, 3.63) is 71.8 Å². The van der Waals surface area contributed by atoms with Gasteiger partial charge in [0.2, 0.25) is 5.91 Å². The van der Waals surface area contributed by atoms with E-state index in [1.807, 2.05) is 60.7 Å². The van der Waals surface area contributed by atoms with E-state index in [4.69, 9.17) is 9.47 Å². The number of ether oxygens (including phenoxy) is 2. The summed E-state index contributed by atoms with van der Waals surface area (Å²) in [5, 5.41) is 2.79. The van der Waals surface area contributed by atoms with E-state index in [0.717, 1.165) is 11.1 Å². The lowest BCUT2D eigenvalue weighted by Crippen LogP contribution is -2.52. The van der Waals surface area contributed by atoms with E-state index < -0.39 is 24.1 Å².